The zero-order valence-corrected chi connectivity index (χ0v) is 12.6. The average molecular weight is 309 g/mol. The van der Waals surface area contributed by atoms with E-state index in [0.717, 1.165) is 12.1 Å². The molecule has 1 aliphatic heterocycles. The third-order valence-corrected chi connectivity index (χ3v) is 4.07. The molecule has 0 spiro atoms. The molecule has 0 saturated carbocycles. The summed E-state index contributed by atoms with van der Waals surface area (Å²) in [5, 5.41) is 30.1. The number of benzene rings is 1. The maximum atomic E-state index is 11.1. The van der Waals surface area contributed by atoms with Crippen LogP contribution in [0.25, 0.3) is 0 Å². The van der Waals surface area contributed by atoms with E-state index in [1.165, 1.54) is 0 Å². The SMILES string of the molecule is CC1(C)OB(c2cc(C(=O)O)cc([N+](=O)[O-])c2O)OC1(C)C. The summed E-state index contributed by atoms with van der Waals surface area (Å²) in [6.07, 6.45) is 0. The van der Waals surface area contributed by atoms with Gasteiger partial charge in [-0.2, -0.15) is 0 Å². The molecule has 8 nitrogen and oxygen atoms in total. The van der Waals surface area contributed by atoms with E-state index in [1.807, 2.05) is 0 Å². The van der Waals surface area contributed by atoms with Gasteiger partial charge in [-0.1, -0.05) is 0 Å². The number of nitro groups is 1. The van der Waals surface area contributed by atoms with Gasteiger partial charge in [-0.25, -0.2) is 4.79 Å². The van der Waals surface area contributed by atoms with Crippen molar-refractivity contribution in [3.63, 3.8) is 0 Å². The standard InChI is InChI=1S/C13H16BNO7/c1-12(2)13(3,4)22-14(21-12)8-5-7(11(17)18)6-9(10(8)16)15(19)20/h5-6,16H,1-4H3,(H,17,18). The molecule has 1 fully saturated rings. The molecule has 0 amide bonds. The van der Waals surface area contributed by atoms with Crippen molar-refractivity contribution < 1.29 is 29.2 Å². The second-order valence-corrected chi connectivity index (χ2v) is 6.08. The van der Waals surface area contributed by atoms with Gasteiger partial charge in [0.2, 0.25) is 0 Å². The van der Waals surface area contributed by atoms with E-state index in [1.54, 1.807) is 27.7 Å². The number of nitro benzene ring substituents is 1. The number of carbonyl (C=O) groups is 1. The number of aromatic hydroxyl groups is 1. The van der Waals surface area contributed by atoms with Gasteiger partial charge >= 0.3 is 18.8 Å². The molecule has 1 aromatic rings. The van der Waals surface area contributed by atoms with Gasteiger partial charge in [0.15, 0.2) is 5.75 Å². The largest absolute Gasteiger partial charge is 0.502 e. The fourth-order valence-electron chi connectivity index (χ4n) is 2.05. The van der Waals surface area contributed by atoms with Crippen LogP contribution < -0.4 is 5.46 Å². The molecular formula is C13H16BNO7. The Morgan fingerprint density at radius 2 is 1.73 bits per heavy atom. The Labute approximate surface area is 127 Å². The average Bonchev–Trinajstić information content (AvgIpc) is 2.57. The topological polar surface area (TPSA) is 119 Å². The minimum Gasteiger partial charge on any atom is -0.502 e. The summed E-state index contributed by atoms with van der Waals surface area (Å²) in [5.41, 5.74) is -2.56. The minimum atomic E-state index is -1.35. The van der Waals surface area contributed by atoms with Gasteiger partial charge in [-0.15, -0.1) is 0 Å². The summed E-state index contributed by atoms with van der Waals surface area (Å²) in [6.45, 7) is 7.11. The molecule has 118 valence electrons. The molecule has 2 rings (SSSR count). The number of carboxylic acid groups (broad SMARTS) is 1. The smallest absolute Gasteiger partial charge is 0.498 e. The quantitative estimate of drug-likeness (QED) is 0.490. The summed E-state index contributed by atoms with van der Waals surface area (Å²) >= 11 is 0. The molecule has 1 saturated heterocycles. The first-order valence-electron chi connectivity index (χ1n) is 6.56. The van der Waals surface area contributed by atoms with Crippen LogP contribution in [0.15, 0.2) is 12.1 Å². The number of hydrogen-bond acceptors (Lipinski definition) is 6. The molecule has 0 radical (unpaired) electrons. The van der Waals surface area contributed by atoms with E-state index < -0.39 is 40.7 Å². The Bertz CT molecular complexity index is 640. The van der Waals surface area contributed by atoms with Crippen molar-refractivity contribution in [3.8, 4) is 5.75 Å². The van der Waals surface area contributed by atoms with Crippen LogP contribution in [0.3, 0.4) is 0 Å². The van der Waals surface area contributed by atoms with Gasteiger partial charge in [-0.05, 0) is 33.8 Å². The summed E-state index contributed by atoms with van der Waals surface area (Å²) in [5.74, 6) is -2.01. The van der Waals surface area contributed by atoms with Crippen LogP contribution in [-0.4, -0.2) is 39.4 Å². The molecule has 1 aliphatic rings. The van der Waals surface area contributed by atoms with E-state index in [-0.39, 0.29) is 11.0 Å². The van der Waals surface area contributed by atoms with Crippen LogP contribution in [0.4, 0.5) is 5.69 Å². The molecule has 0 atom stereocenters. The van der Waals surface area contributed by atoms with Crippen LogP contribution in [0.2, 0.25) is 0 Å². The van der Waals surface area contributed by atoms with E-state index in [2.05, 4.69) is 0 Å². The first-order chi connectivity index (χ1) is 9.96. The number of phenolic OH excluding ortho intramolecular Hbond substituents is 1. The Hall–Kier alpha value is -2.13. The molecule has 9 heteroatoms. The zero-order chi connectivity index (χ0) is 16.9. The van der Waals surface area contributed by atoms with Gasteiger partial charge < -0.3 is 19.5 Å². The van der Waals surface area contributed by atoms with Crippen LogP contribution in [0.1, 0.15) is 38.1 Å². The Morgan fingerprint density at radius 3 is 2.14 bits per heavy atom. The summed E-state index contributed by atoms with van der Waals surface area (Å²) in [7, 11) is -1.09. The number of nitrogens with zero attached hydrogens (tertiary/aromatic N) is 1. The monoisotopic (exact) mass is 309 g/mol. The third kappa shape index (κ3) is 2.53. The summed E-state index contributed by atoms with van der Waals surface area (Å²) in [6, 6.07) is 1.92. The molecule has 1 aromatic carbocycles. The zero-order valence-electron chi connectivity index (χ0n) is 12.6. The molecule has 0 unspecified atom stereocenters. The highest BCUT2D eigenvalue weighted by Gasteiger charge is 2.53. The van der Waals surface area contributed by atoms with Crippen LogP contribution in [-0.2, 0) is 9.31 Å². The highest BCUT2D eigenvalue weighted by molar-refractivity contribution is 6.63. The van der Waals surface area contributed by atoms with Crippen LogP contribution in [0.5, 0.6) is 5.75 Å². The van der Waals surface area contributed by atoms with Crippen LogP contribution >= 0.6 is 0 Å². The number of rotatable bonds is 3. The molecule has 1 heterocycles. The van der Waals surface area contributed by atoms with Gasteiger partial charge in [0.25, 0.3) is 0 Å². The normalized spacial score (nSPS) is 19.2. The summed E-state index contributed by atoms with van der Waals surface area (Å²) in [4.78, 5) is 21.3. The first-order valence-corrected chi connectivity index (χ1v) is 6.56. The predicted octanol–water partition coefficient (Wildman–Crippen LogP) is 1.30. The van der Waals surface area contributed by atoms with Gasteiger partial charge in [0.05, 0.1) is 21.7 Å². The van der Waals surface area contributed by atoms with Crippen molar-refractivity contribution in [2.24, 2.45) is 0 Å². The van der Waals surface area contributed by atoms with Crippen molar-refractivity contribution in [1.29, 1.82) is 0 Å². The maximum absolute atomic E-state index is 11.1. The number of carboxylic acids is 1. The molecular weight excluding hydrogens is 293 g/mol. The van der Waals surface area contributed by atoms with Crippen LogP contribution in [0, 0.1) is 10.1 Å². The van der Waals surface area contributed by atoms with Crippen molar-refractivity contribution >= 4 is 24.2 Å². The fraction of sp³-hybridized carbons (Fsp3) is 0.462. The van der Waals surface area contributed by atoms with E-state index in [4.69, 9.17) is 14.4 Å². The van der Waals surface area contributed by atoms with Crippen molar-refractivity contribution in [2.75, 3.05) is 0 Å². The highest BCUT2D eigenvalue weighted by atomic mass is 16.7. The van der Waals surface area contributed by atoms with E-state index >= 15 is 0 Å². The maximum Gasteiger partial charge on any atom is 0.498 e. The Balaban J connectivity index is 2.57. The molecule has 0 bridgehead atoms. The lowest BCUT2D eigenvalue weighted by molar-refractivity contribution is -0.385. The lowest BCUT2D eigenvalue weighted by Crippen LogP contribution is -2.41. The predicted molar refractivity (Wildman–Crippen MR) is 77.4 cm³/mol. The van der Waals surface area contributed by atoms with Crippen molar-refractivity contribution in [2.45, 2.75) is 38.9 Å². The number of phenols is 1. The molecule has 0 aliphatic carbocycles. The lowest BCUT2D eigenvalue weighted by Gasteiger charge is -2.32. The second-order valence-electron chi connectivity index (χ2n) is 6.08. The van der Waals surface area contributed by atoms with E-state index in [0.29, 0.717) is 0 Å². The number of aromatic carboxylic acids is 1. The van der Waals surface area contributed by atoms with Crippen molar-refractivity contribution in [1.82, 2.24) is 0 Å². The Morgan fingerprint density at radius 1 is 1.23 bits per heavy atom. The lowest BCUT2D eigenvalue weighted by atomic mass is 9.77. The fourth-order valence-corrected chi connectivity index (χ4v) is 2.05. The minimum absolute atomic E-state index is 0.0785. The van der Waals surface area contributed by atoms with Gasteiger partial charge in [-0.3, -0.25) is 10.1 Å². The highest BCUT2D eigenvalue weighted by Crippen LogP contribution is 2.38. The number of hydrogen-bond donors (Lipinski definition) is 2. The molecule has 0 aromatic heterocycles. The first kappa shape index (κ1) is 16.2. The van der Waals surface area contributed by atoms with Gasteiger partial charge in [0, 0.05) is 11.5 Å². The second kappa shape index (κ2) is 4.96. The summed E-state index contributed by atoms with van der Waals surface area (Å²) < 4.78 is 11.4. The van der Waals surface area contributed by atoms with Crippen molar-refractivity contribution in [3.05, 3.63) is 27.8 Å². The van der Waals surface area contributed by atoms with E-state index in [9.17, 15) is 20.0 Å². The molecule has 22 heavy (non-hydrogen) atoms. The Kier molecular flexibility index (Phi) is 3.66. The molecule has 2 N–H and O–H groups in total. The third-order valence-electron chi connectivity index (χ3n) is 4.07. The van der Waals surface area contributed by atoms with Gasteiger partial charge in [0.1, 0.15) is 0 Å².